The number of aliphatic hydroxyl groups is 1. The van der Waals surface area contributed by atoms with E-state index < -0.39 is 17.7 Å². The number of Topliss-reactive ketones (excluding diaryl/α,β-unsaturated/α-hetero) is 1. The molecule has 0 aliphatic carbocycles. The van der Waals surface area contributed by atoms with Crippen molar-refractivity contribution in [2.24, 2.45) is 0 Å². The topological polar surface area (TPSA) is 76.1 Å². The number of hydrogen-bond donors (Lipinski definition) is 1. The molecule has 5 rings (SSSR count). The van der Waals surface area contributed by atoms with Crippen LogP contribution in [0.5, 0.6) is 11.5 Å². The Bertz CT molecular complexity index is 1380. The predicted molar refractivity (Wildman–Crippen MR) is 142 cm³/mol. The van der Waals surface area contributed by atoms with Crippen molar-refractivity contribution in [1.82, 2.24) is 4.90 Å². The molecule has 3 aromatic carbocycles. The van der Waals surface area contributed by atoms with Gasteiger partial charge in [0.1, 0.15) is 30.0 Å². The second-order valence-corrected chi connectivity index (χ2v) is 9.36. The molecule has 0 spiro atoms. The number of ketones is 1. The molecule has 1 amide bonds. The van der Waals surface area contributed by atoms with Crippen LogP contribution in [0.4, 0.5) is 0 Å². The van der Waals surface area contributed by atoms with E-state index in [-0.39, 0.29) is 17.4 Å². The average molecular weight is 496 g/mol. The van der Waals surface area contributed by atoms with Gasteiger partial charge in [0, 0.05) is 18.5 Å². The summed E-state index contributed by atoms with van der Waals surface area (Å²) in [6.07, 6.45) is 2.99. The lowest BCUT2D eigenvalue weighted by molar-refractivity contribution is -0.139. The van der Waals surface area contributed by atoms with E-state index in [1.807, 2.05) is 61.5 Å². The first kappa shape index (κ1) is 24.4. The maximum absolute atomic E-state index is 13.4. The number of benzene rings is 3. The number of aliphatic hydroxyl groups excluding tert-OH is 1. The Morgan fingerprint density at radius 1 is 1.11 bits per heavy atom. The molecule has 6 heteroatoms. The van der Waals surface area contributed by atoms with Gasteiger partial charge in [0.2, 0.25) is 0 Å². The third-order valence-electron chi connectivity index (χ3n) is 6.74. The third-order valence-corrected chi connectivity index (χ3v) is 6.74. The molecule has 2 atom stereocenters. The lowest BCUT2D eigenvalue weighted by Gasteiger charge is -2.26. The number of hydrogen-bond acceptors (Lipinski definition) is 5. The van der Waals surface area contributed by atoms with Crippen molar-refractivity contribution >= 4 is 17.4 Å². The van der Waals surface area contributed by atoms with E-state index in [0.29, 0.717) is 42.9 Å². The summed E-state index contributed by atoms with van der Waals surface area (Å²) in [6, 6.07) is 21.7. The minimum atomic E-state index is -0.751. The first-order valence-corrected chi connectivity index (χ1v) is 12.4. The lowest BCUT2D eigenvalue weighted by Crippen LogP contribution is -2.31. The standard InChI is InChI=1S/C31H29NO5/c1-3-16-36-25-11-7-10-22(19-25)28-27(29(33)23-12-13-26-24(18-23)17-20(2)37-26)30(34)31(35)32(28)15-14-21-8-5-4-6-9-21/h3-13,18-20,28,33H,1,14-17H2,2H3/b29-27+/t20-,28+/m1/s1. The number of likely N-dealkylation sites (tertiary alicyclic amines) is 1. The van der Waals surface area contributed by atoms with Crippen molar-refractivity contribution in [2.75, 3.05) is 13.2 Å². The highest BCUT2D eigenvalue weighted by Crippen LogP contribution is 2.41. The van der Waals surface area contributed by atoms with Crippen LogP contribution in [0.25, 0.3) is 5.76 Å². The maximum Gasteiger partial charge on any atom is 0.295 e. The second kappa shape index (κ2) is 10.3. The number of fused-ring (bicyclic) bond motifs is 1. The van der Waals surface area contributed by atoms with E-state index in [2.05, 4.69) is 6.58 Å². The molecule has 2 aliphatic heterocycles. The number of amides is 1. The SMILES string of the molecule is C=CCOc1cccc([C@H]2/C(=C(\O)c3ccc4c(c3)C[C@@H](C)O4)C(=O)C(=O)N2CCc2ccccc2)c1. The number of nitrogens with zero attached hydrogens (tertiary/aromatic N) is 1. The van der Waals surface area contributed by atoms with Crippen LogP contribution in [0.1, 0.15) is 35.2 Å². The van der Waals surface area contributed by atoms with E-state index in [1.54, 1.807) is 29.2 Å². The smallest absolute Gasteiger partial charge is 0.295 e. The summed E-state index contributed by atoms with van der Waals surface area (Å²) in [5.41, 5.74) is 3.27. The van der Waals surface area contributed by atoms with Gasteiger partial charge >= 0.3 is 0 Å². The molecule has 2 heterocycles. The summed E-state index contributed by atoms with van der Waals surface area (Å²) in [7, 11) is 0. The van der Waals surface area contributed by atoms with Gasteiger partial charge in [0.25, 0.3) is 11.7 Å². The Morgan fingerprint density at radius 3 is 2.70 bits per heavy atom. The van der Waals surface area contributed by atoms with E-state index in [1.165, 1.54) is 0 Å². The van der Waals surface area contributed by atoms with Crippen LogP contribution in [-0.2, 0) is 22.4 Å². The highest BCUT2D eigenvalue weighted by Gasteiger charge is 2.46. The first-order chi connectivity index (χ1) is 18.0. The fourth-order valence-corrected chi connectivity index (χ4v) is 5.01. The van der Waals surface area contributed by atoms with Crippen molar-refractivity contribution in [2.45, 2.75) is 31.9 Å². The molecule has 0 bridgehead atoms. The zero-order chi connectivity index (χ0) is 25.9. The number of ether oxygens (including phenoxy) is 2. The molecular formula is C31H29NO5. The molecule has 1 fully saturated rings. The lowest BCUT2D eigenvalue weighted by atomic mass is 9.94. The Hall–Kier alpha value is -4.32. The zero-order valence-electron chi connectivity index (χ0n) is 20.7. The van der Waals surface area contributed by atoms with E-state index in [4.69, 9.17) is 9.47 Å². The molecule has 2 aliphatic rings. The molecule has 0 unspecified atom stereocenters. The van der Waals surface area contributed by atoms with Crippen LogP contribution in [0.3, 0.4) is 0 Å². The highest BCUT2D eigenvalue weighted by atomic mass is 16.5. The largest absolute Gasteiger partial charge is 0.507 e. The van der Waals surface area contributed by atoms with Gasteiger partial charge in [-0.2, -0.15) is 0 Å². The third kappa shape index (κ3) is 4.87. The van der Waals surface area contributed by atoms with Crippen LogP contribution in [0.15, 0.2) is 91.0 Å². The molecule has 0 aromatic heterocycles. The van der Waals surface area contributed by atoms with Crippen LogP contribution < -0.4 is 9.47 Å². The monoisotopic (exact) mass is 495 g/mol. The molecule has 188 valence electrons. The fourth-order valence-electron chi connectivity index (χ4n) is 5.01. The summed E-state index contributed by atoms with van der Waals surface area (Å²) in [5, 5.41) is 11.4. The van der Waals surface area contributed by atoms with Gasteiger partial charge < -0.3 is 19.5 Å². The van der Waals surface area contributed by atoms with Crippen molar-refractivity contribution in [3.63, 3.8) is 0 Å². The van der Waals surface area contributed by atoms with Gasteiger partial charge in [-0.25, -0.2) is 0 Å². The van der Waals surface area contributed by atoms with Crippen LogP contribution in [-0.4, -0.2) is 41.0 Å². The van der Waals surface area contributed by atoms with Crippen molar-refractivity contribution in [1.29, 1.82) is 0 Å². The highest BCUT2D eigenvalue weighted by molar-refractivity contribution is 6.46. The summed E-state index contributed by atoms with van der Waals surface area (Å²) in [4.78, 5) is 28.2. The van der Waals surface area contributed by atoms with Crippen molar-refractivity contribution in [3.05, 3.63) is 113 Å². The molecule has 1 N–H and O–H groups in total. The number of carbonyl (C=O) groups is 2. The van der Waals surface area contributed by atoms with E-state index in [0.717, 1.165) is 16.9 Å². The quantitative estimate of drug-likeness (QED) is 0.200. The predicted octanol–water partition coefficient (Wildman–Crippen LogP) is 5.24. The second-order valence-electron chi connectivity index (χ2n) is 9.36. The Balaban J connectivity index is 1.57. The number of carbonyl (C=O) groups excluding carboxylic acids is 2. The van der Waals surface area contributed by atoms with Gasteiger partial charge in [-0.3, -0.25) is 9.59 Å². The molecule has 1 saturated heterocycles. The molecule has 37 heavy (non-hydrogen) atoms. The molecular weight excluding hydrogens is 466 g/mol. The maximum atomic E-state index is 13.4. The summed E-state index contributed by atoms with van der Waals surface area (Å²) >= 11 is 0. The van der Waals surface area contributed by atoms with Gasteiger partial charge in [0.15, 0.2) is 0 Å². The fraction of sp³-hybridized carbons (Fsp3) is 0.226. The Labute approximate surface area is 216 Å². The van der Waals surface area contributed by atoms with Gasteiger partial charge in [0.05, 0.1) is 11.6 Å². The summed E-state index contributed by atoms with van der Waals surface area (Å²) in [6.45, 7) is 6.32. The van der Waals surface area contributed by atoms with Gasteiger partial charge in [-0.05, 0) is 60.4 Å². The Kier molecular flexibility index (Phi) is 6.82. The summed E-state index contributed by atoms with van der Waals surface area (Å²) < 4.78 is 11.5. The van der Waals surface area contributed by atoms with E-state index in [9.17, 15) is 14.7 Å². The Morgan fingerprint density at radius 2 is 1.92 bits per heavy atom. The molecule has 3 aromatic rings. The van der Waals surface area contributed by atoms with Crippen LogP contribution in [0.2, 0.25) is 0 Å². The first-order valence-electron chi connectivity index (χ1n) is 12.4. The van der Waals surface area contributed by atoms with E-state index >= 15 is 0 Å². The molecule has 6 nitrogen and oxygen atoms in total. The van der Waals surface area contributed by atoms with Gasteiger partial charge in [-0.1, -0.05) is 55.1 Å². The van der Waals surface area contributed by atoms with Crippen LogP contribution >= 0.6 is 0 Å². The normalized spacial score (nSPS) is 20.0. The number of rotatable bonds is 8. The zero-order valence-corrected chi connectivity index (χ0v) is 20.7. The average Bonchev–Trinajstić information content (AvgIpc) is 3.41. The summed E-state index contributed by atoms with van der Waals surface area (Å²) in [5.74, 6) is -0.146. The molecule has 0 radical (unpaired) electrons. The van der Waals surface area contributed by atoms with Gasteiger partial charge in [-0.15, -0.1) is 0 Å². The minimum Gasteiger partial charge on any atom is -0.507 e. The molecule has 0 saturated carbocycles. The minimum absolute atomic E-state index is 0.0502. The van der Waals surface area contributed by atoms with Crippen molar-refractivity contribution < 1.29 is 24.2 Å². The van der Waals surface area contributed by atoms with Crippen molar-refractivity contribution in [3.8, 4) is 11.5 Å². The van der Waals surface area contributed by atoms with Crippen LogP contribution in [0, 0.1) is 0 Å².